The number of amides is 1. The second-order valence-electron chi connectivity index (χ2n) is 15.0. The largest absolute Gasteiger partial charge is 0.461 e. The number of nitrogens with zero attached hydrogens (tertiary/aromatic N) is 7. The first-order valence-electron chi connectivity index (χ1n) is 18.2. The number of aromatic nitrogens is 3. The van der Waals surface area contributed by atoms with Crippen molar-refractivity contribution in [3.63, 3.8) is 0 Å². The zero-order chi connectivity index (χ0) is 36.6. The summed E-state index contributed by atoms with van der Waals surface area (Å²) in [5.41, 5.74) is 4.00. The lowest BCUT2D eigenvalue weighted by Crippen LogP contribution is -2.45. The zero-order valence-electron chi connectivity index (χ0n) is 30.0. The smallest absolute Gasteiger partial charge is 0.318 e. The van der Waals surface area contributed by atoms with Gasteiger partial charge in [-0.3, -0.25) is 19.6 Å². The van der Waals surface area contributed by atoms with E-state index in [1.54, 1.807) is 18.5 Å². The number of carbonyl (C=O) groups excluding carboxylic acids is 1. The van der Waals surface area contributed by atoms with Crippen LogP contribution >= 0.6 is 0 Å². The Morgan fingerprint density at radius 3 is 2.90 bits per heavy atom. The molecule has 2 aromatic heterocycles. The predicted molar refractivity (Wildman–Crippen MR) is 194 cm³/mol. The van der Waals surface area contributed by atoms with Gasteiger partial charge < -0.3 is 19.6 Å². The molecule has 10 nitrogen and oxygen atoms in total. The number of aliphatic hydroxyl groups excluding tert-OH is 1. The fraction of sp³-hybridized carbons (Fsp3) is 0.500. The summed E-state index contributed by atoms with van der Waals surface area (Å²) in [5.74, 6) is 2.78. The van der Waals surface area contributed by atoms with E-state index in [2.05, 4.69) is 32.2 Å². The summed E-state index contributed by atoms with van der Waals surface area (Å²) in [6, 6.07) is 6.87. The van der Waals surface area contributed by atoms with Gasteiger partial charge in [-0.25, -0.2) is 8.78 Å². The van der Waals surface area contributed by atoms with E-state index in [1.807, 2.05) is 31.0 Å². The number of terminal acetylenes is 1. The van der Waals surface area contributed by atoms with Gasteiger partial charge in [0.1, 0.15) is 24.4 Å². The van der Waals surface area contributed by atoms with E-state index in [-0.39, 0.29) is 36.2 Å². The molecule has 4 aliphatic rings. The van der Waals surface area contributed by atoms with Gasteiger partial charge in [-0.05, 0) is 73.9 Å². The lowest BCUT2D eigenvalue weighted by molar-refractivity contribution is -0.126. The molecule has 0 saturated carbocycles. The maximum absolute atomic E-state index is 15.0. The number of aliphatic hydroxyl groups is 1. The highest BCUT2D eigenvalue weighted by atomic mass is 19.1. The number of carbonyl (C=O) groups is 1. The van der Waals surface area contributed by atoms with Gasteiger partial charge >= 0.3 is 6.01 Å². The fourth-order valence-electron chi connectivity index (χ4n) is 8.74. The molecule has 2 saturated heterocycles. The molecule has 5 atom stereocenters. The number of rotatable bonds is 10. The molecule has 0 unspecified atom stereocenters. The molecule has 2 fully saturated rings. The van der Waals surface area contributed by atoms with Crippen molar-refractivity contribution in [1.82, 2.24) is 29.7 Å². The molecule has 0 bridgehead atoms. The highest BCUT2D eigenvalue weighted by molar-refractivity contribution is 5.87. The number of anilines is 1. The van der Waals surface area contributed by atoms with Crippen LogP contribution < -0.4 is 9.64 Å². The minimum atomic E-state index is -0.996. The molecular formula is C40H47F2N7O3. The molecule has 1 aromatic carbocycles. The first kappa shape index (κ1) is 35.9. The first-order valence-corrected chi connectivity index (χ1v) is 18.2. The number of fused-ring (bicyclic) bond motifs is 2. The van der Waals surface area contributed by atoms with E-state index in [9.17, 15) is 14.3 Å². The molecule has 5 heterocycles. The number of ether oxygens (including phenoxy) is 1. The van der Waals surface area contributed by atoms with Crippen LogP contribution in [0.4, 0.5) is 14.6 Å². The summed E-state index contributed by atoms with van der Waals surface area (Å²) in [4.78, 5) is 35.1. The van der Waals surface area contributed by atoms with Crippen LogP contribution in [0.1, 0.15) is 72.2 Å². The molecule has 12 heteroatoms. The third-order valence-electron chi connectivity index (χ3n) is 11.3. The van der Waals surface area contributed by atoms with Gasteiger partial charge in [0, 0.05) is 82.8 Å². The number of likely N-dealkylation sites (N-methyl/N-ethyl adjacent to an activating group) is 1. The molecule has 1 aliphatic carbocycles. The van der Waals surface area contributed by atoms with Crippen LogP contribution in [0.3, 0.4) is 0 Å². The van der Waals surface area contributed by atoms with Crippen LogP contribution in [-0.2, 0) is 30.7 Å². The molecule has 1 N–H and O–H groups in total. The van der Waals surface area contributed by atoms with Crippen molar-refractivity contribution < 1.29 is 23.4 Å². The zero-order valence-corrected chi connectivity index (χ0v) is 30.0. The summed E-state index contributed by atoms with van der Waals surface area (Å²) >= 11 is 0. The number of likely N-dealkylation sites (tertiary alicyclic amines) is 2. The number of benzene rings is 1. The first-order chi connectivity index (χ1) is 25.1. The van der Waals surface area contributed by atoms with Crippen molar-refractivity contribution in [1.29, 1.82) is 0 Å². The van der Waals surface area contributed by atoms with E-state index < -0.39 is 23.6 Å². The maximum atomic E-state index is 15.0. The van der Waals surface area contributed by atoms with Crippen LogP contribution in [0.15, 0.2) is 49.3 Å². The van der Waals surface area contributed by atoms with Gasteiger partial charge in [-0.1, -0.05) is 24.6 Å². The molecule has 1 amide bonds. The Morgan fingerprint density at radius 2 is 2.13 bits per heavy atom. The third kappa shape index (κ3) is 7.14. The molecule has 0 spiro atoms. The van der Waals surface area contributed by atoms with Crippen molar-refractivity contribution in [2.45, 2.75) is 88.4 Å². The number of alkyl halides is 1. The molecule has 274 valence electrons. The Bertz CT molecular complexity index is 1850. The maximum Gasteiger partial charge on any atom is 0.318 e. The van der Waals surface area contributed by atoms with Crippen LogP contribution in [0.2, 0.25) is 0 Å². The van der Waals surface area contributed by atoms with Gasteiger partial charge in [-0.15, -0.1) is 6.42 Å². The summed E-state index contributed by atoms with van der Waals surface area (Å²) in [7, 11) is 1.98. The summed E-state index contributed by atoms with van der Waals surface area (Å²) in [6.45, 7) is 9.00. The van der Waals surface area contributed by atoms with Crippen LogP contribution in [0, 0.1) is 18.2 Å². The standard InChI is InChI=1S/C40H47F2N7O3/c1-5-31-33(42)12-11-27-17-30(50)18-35(37(27)31)47-16-13-32-34(24-47)44-39(45-38(32)46(4)23-29-10-8-15-49(29)36(51)6-2)52-25-40(3)19-28(41)22-48(40)21-26-9-7-14-43-20-26/h1,6-7,9,11-12,14,20,28-30,35,50H,2,8,10,13,15-19,21-25H2,3-4H3/t28-,29+,30+,35+,40+/m1/s1. The van der Waals surface area contributed by atoms with E-state index in [0.29, 0.717) is 65.0 Å². The van der Waals surface area contributed by atoms with Gasteiger partial charge in [0.05, 0.1) is 22.9 Å². The van der Waals surface area contributed by atoms with Gasteiger partial charge in [0.15, 0.2) is 0 Å². The van der Waals surface area contributed by atoms with Crippen LogP contribution in [-0.4, -0.2) is 104 Å². The second-order valence-corrected chi connectivity index (χ2v) is 15.0. The lowest BCUT2D eigenvalue weighted by atomic mass is 9.81. The minimum absolute atomic E-state index is 0.00260. The second kappa shape index (κ2) is 14.9. The Morgan fingerprint density at radius 1 is 1.29 bits per heavy atom. The quantitative estimate of drug-likeness (QED) is 0.243. The molecule has 0 radical (unpaired) electrons. The van der Waals surface area contributed by atoms with Crippen molar-refractivity contribution in [3.8, 4) is 18.4 Å². The summed E-state index contributed by atoms with van der Waals surface area (Å²) in [5, 5.41) is 10.9. The van der Waals surface area contributed by atoms with Crippen LogP contribution in [0.5, 0.6) is 6.01 Å². The molecule has 7 rings (SSSR count). The minimum Gasteiger partial charge on any atom is -0.461 e. The fourth-order valence-corrected chi connectivity index (χ4v) is 8.74. The molecule has 3 aromatic rings. The predicted octanol–water partition coefficient (Wildman–Crippen LogP) is 4.39. The summed E-state index contributed by atoms with van der Waals surface area (Å²) < 4.78 is 36.4. The third-order valence-corrected chi connectivity index (χ3v) is 11.3. The van der Waals surface area contributed by atoms with Gasteiger partial charge in [-0.2, -0.15) is 9.97 Å². The van der Waals surface area contributed by atoms with Gasteiger partial charge in [0.25, 0.3) is 0 Å². The SMILES string of the molecule is C#Cc1c(F)ccc2c1[C@@H](N1CCc3c(nc(OC[C@]4(C)C[C@@H](F)CN4Cc4cccnc4)nc3N(C)C[C@@H]3CCCN3C(=O)C=C)C1)C[C@@H](O)C2. The molecular weight excluding hydrogens is 664 g/mol. The highest BCUT2D eigenvalue weighted by Crippen LogP contribution is 2.41. The number of hydrogen-bond donors (Lipinski definition) is 1. The highest BCUT2D eigenvalue weighted by Gasteiger charge is 2.43. The Hall–Kier alpha value is -4.44. The Balaban J connectivity index is 1.19. The Labute approximate surface area is 304 Å². The number of halogens is 2. The van der Waals surface area contributed by atoms with Crippen LogP contribution in [0.25, 0.3) is 0 Å². The van der Waals surface area contributed by atoms with E-state index >= 15 is 4.39 Å². The van der Waals surface area contributed by atoms with E-state index in [0.717, 1.165) is 46.6 Å². The number of pyridine rings is 1. The number of hydrogen-bond acceptors (Lipinski definition) is 9. The monoisotopic (exact) mass is 711 g/mol. The van der Waals surface area contributed by atoms with Crippen molar-refractivity contribution in [3.05, 3.63) is 88.6 Å². The molecule has 52 heavy (non-hydrogen) atoms. The summed E-state index contributed by atoms with van der Waals surface area (Å²) in [6.07, 6.45) is 12.7. The van der Waals surface area contributed by atoms with Crippen molar-refractivity contribution in [2.75, 3.05) is 44.7 Å². The van der Waals surface area contributed by atoms with Crippen molar-refractivity contribution in [2.24, 2.45) is 0 Å². The molecule has 3 aliphatic heterocycles. The van der Waals surface area contributed by atoms with E-state index in [1.165, 1.54) is 12.1 Å². The van der Waals surface area contributed by atoms with E-state index in [4.69, 9.17) is 21.1 Å². The van der Waals surface area contributed by atoms with Gasteiger partial charge in [0.2, 0.25) is 5.91 Å². The normalized spacial score (nSPS) is 26.0. The average Bonchev–Trinajstić information content (AvgIpc) is 3.72. The average molecular weight is 712 g/mol. The topological polar surface area (TPSA) is 98.2 Å². The Kier molecular flexibility index (Phi) is 10.3. The lowest BCUT2D eigenvalue weighted by Gasteiger charge is -2.41. The van der Waals surface area contributed by atoms with Crippen molar-refractivity contribution >= 4 is 11.7 Å².